The summed E-state index contributed by atoms with van der Waals surface area (Å²) < 4.78 is 23.3. The van der Waals surface area contributed by atoms with Gasteiger partial charge in [0.2, 0.25) is 0 Å². The number of nitrogens with zero attached hydrogens (tertiary/aromatic N) is 2. The van der Waals surface area contributed by atoms with Crippen LogP contribution in [0.2, 0.25) is 0 Å². The normalized spacial score (nSPS) is 46.7. The first-order chi connectivity index (χ1) is 23.9. The number of carbonyl (C=O) groups is 4. The largest absolute Gasteiger partial charge is 0.460 e. The van der Waals surface area contributed by atoms with E-state index in [0.29, 0.717) is 12.8 Å². The first-order valence-corrected chi connectivity index (χ1v) is 19.5. The van der Waals surface area contributed by atoms with Crippen LogP contribution in [0.4, 0.5) is 0 Å². The fourth-order valence-corrected chi connectivity index (χ4v) is 11.5. The average molecular weight is 719 g/mol. The molecule has 0 aromatic rings. The Labute approximate surface area is 303 Å². The SMILES string of the molecule is C.C[C@@H]1C[C@@]2(OC1=O)[C@H](CO)CCCN1[C@H]2CC[C@H]1[C@@H]1C[C@H](C)C(=O)O1.C[C@@H]1C[C@@]2(OC1=O)[C@H](CO)CCCN1[C@H]2CC[C@H]1[C@@H]1C[C@H](C)C(=O)O1. The zero-order chi connectivity index (χ0) is 35.5. The Morgan fingerprint density at radius 3 is 1.27 bits per heavy atom. The number of aliphatic hydroxyl groups is 2. The van der Waals surface area contributed by atoms with Crippen molar-refractivity contribution in [2.75, 3.05) is 26.3 Å². The van der Waals surface area contributed by atoms with E-state index in [1.165, 1.54) is 0 Å². The average Bonchev–Trinajstić information content (AvgIpc) is 3.91. The van der Waals surface area contributed by atoms with Crippen LogP contribution >= 0.6 is 0 Å². The number of cyclic esters (lactones) is 2. The van der Waals surface area contributed by atoms with Gasteiger partial charge in [-0.1, -0.05) is 35.1 Å². The molecule has 51 heavy (non-hydrogen) atoms. The van der Waals surface area contributed by atoms with Crippen molar-refractivity contribution in [3.63, 3.8) is 0 Å². The van der Waals surface area contributed by atoms with E-state index in [-0.39, 0.29) is 116 Å². The topological polar surface area (TPSA) is 152 Å². The number of rotatable bonds is 4. The minimum atomic E-state index is -0.579. The molecule has 0 aromatic carbocycles. The lowest BCUT2D eigenvalue weighted by Gasteiger charge is -2.43. The minimum absolute atomic E-state index is 0. The highest BCUT2D eigenvalue weighted by molar-refractivity contribution is 5.76. The third kappa shape index (κ3) is 6.52. The summed E-state index contributed by atoms with van der Waals surface area (Å²) in [4.78, 5) is 53.1. The lowest BCUT2D eigenvalue weighted by molar-refractivity contribution is -0.164. The van der Waals surface area contributed by atoms with Crippen LogP contribution < -0.4 is 0 Å². The van der Waals surface area contributed by atoms with Gasteiger partial charge >= 0.3 is 23.9 Å². The van der Waals surface area contributed by atoms with Crippen LogP contribution in [0, 0.1) is 35.5 Å². The highest BCUT2D eigenvalue weighted by Crippen LogP contribution is 2.52. The molecule has 8 fully saturated rings. The number of aliphatic hydroxyl groups excluding tert-OH is 2. The Morgan fingerprint density at radius 2 is 0.980 bits per heavy atom. The maximum absolute atomic E-state index is 12.2. The summed E-state index contributed by atoms with van der Waals surface area (Å²) in [5, 5.41) is 20.0. The minimum Gasteiger partial charge on any atom is -0.460 e. The predicted molar refractivity (Wildman–Crippen MR) is 186 cm³/mol. The quantitative estimate of drug-likeness (QED) is 0.323. The number of carbonyl (C=O) groups excluding carboxylic acids is 4. The summed E-state index contributed by atoms with van der Waals surface area (Å²) in [7, 11) is 0. The van der Waals surface area contributed by atoms with Gasteiger partial charge in [0.05, 0.1) is 35.8 Å². The molecule has 2 spiro atoms. The number of esters is 4. The predicted octanol–water partition coefficient (Wildman–Crippen LogP) is 3.63. The third-order valence-corrected chi connectivity index (χ3v) is 14.0. The van der Waals surface area contributed by atoms with Gasteiger partial charge in [-0.15, -0.1) is 0 Å². The lowest BCUT2D eigenvalue weighted by atomic mass is 9.75. The smallest absolute Gasteiger partial charge is 0.309 e. The molecule has 8 heterocycles. The van der Waals surface area contributed by atoms with Crippen LogP contribution in [-0.4, -0.2) is 118 Å². The summed E-state index contributed by atoms with van der Waals surface area (Å²) in [5.41, 5.74) is -1.16. The highest BCUT2D eigenvalue weighted by Gasteiger charge is 2.62. The second-order valence-electron chi connectivity index (χ2n) is 17.0. The molecular formula is C39H62N2O10. The van der Waals surface area contributed by atoms with Gasteiger partial charge in [0, 0.05) is 50.0 Å². The van der Waals surface area contributed by atoms with Crippen LogP contribution in [0.15, 0.2) is 0 Å². The van der Waals surface area contributed by atoms with Gasteiger partial charge in [0.1, 0.15) is 23.4 Å². The summed E-state index contributed by atoms with van der Waals surface area (Å²) >= 11 is 0. The van der Waals surface area contributed by atoms with Crippen molar-refractivity contribution in [2.45, 2.75) is 160 Å². The molecule has 12 nitrogen and oxygen atoms in total. The van der Waals surface area contributed by atoms with Gasteiger partial charge in [0.15, 0.2) is 0 Å². The van der Waals surface area contributed by atoms with E-state index in [4.69, 9.17) is 18.9 Å². The fraction of sp³-hybridized carbons (Fsp3) is 0.897. The molecule has 0 aliphatic carbocycles. The summed E-state index contributed by atoms with van der Waals surface area (Å²) in [6.45, 7) is 9.67. The highest BCUT2D eigenvalue weighted by atomic mass is 16.6. The van der Waals surface area contributed by atoms with Gasteiger partial charge in [0.25, 0.3) is 0 Å². The molecule has 8 saturated heterocycles. The molecule has 0 saturated carbocycles. The first kappa shape index (κ1) is 38.4. The Morgan fingerprint density at radius 1 is 0.588 bits per heavy atom. The zero-order valence-corrected chi connectivity index (χ0v) is 30.3. The standard InChI is InChI=1S/2C19H29NO5.CH4/c2*1-11-8-15(24-17(11)22)14-5-6-16-19(9-12(2)18(23)25-19)13(10-21)4-3-7-20(14)16;/h2*11-16,21H,3-10H2,1-2H3;1H4/t2*11-,12+,13-,14-,15-,16-,19+;/m00./s1. The molecular weight excluding hydrogens is 656 g/mol. The van der Waals surface area contributed by atoms with Gasteiger partial charge < -0.3 is 29.2 Å². The van der Waals surface area contributed by atoms with Crippen molar-refractivity contribution in [1.82, 2.24) is 9.80 Å². The van der Waals surface area contributed by atoms with Gasteiger partial charge in [-0.3, -0.25) is 29.0 Å². The van der Waals surface area contributed by atoms with E-state index in [1.807, 2.05) is 27.7 Å². The second-order valence-corrected chi connectivity index (χ2v) is 17.0. The molecule has 0 unspecified atom stereocenters. The van der Waals surface area contributed by atoms with Crippen LogP contribution in [-0.2, 0) is 38.1 Å². The van der Waals surface area contributed by atoms with Crippen molar-refractivity contribution in [3.05, 3.63) is 0 Å². The van der Waals surface area contributed by atoms with Crippen molar-refractivity contribution >= 4 is 23.9 Å². The molecule has 8 aliphatic heterocycles. The maximum atomic E-state index is 12.2. The molecule has 0 bridgehead atoms. The first-order valence-electron chi connectivity index (χ1n) is 19.5. The number of ether oxygens (including phenoxy) is 4. The molecule has 0 amide bonds. The van der Waals surface area contributed by atoms with Crippen LogP contribution in [0.3, 0.4) is 0 Å². The zero-order valence-electron chi connectivity index (χ0n) is 30.3. The van der Waals surface area contributed by atoms with Crippen molar-refractivity contribution in [2.24, 2.45) is 35.5 Å². The van der Waals surface area contributed by atoms with Crippen molar-refractivity contribution in [3.8, 4) is 0 Å². The second kappa shape index (κ2) is 14.9. The summed E-state index contributed by atoms with van der Waals surface area (Å²) in [5.74, 6) is -0.734. The van der Waals surface area contributed by atoms with Gasteiger partial charge in [-0.25, -0.2) is 0 Å². The van der Waals surface area contributed by atoms with Gasteiger partial charge in [-0.2, -0.15) is 0 Å². The third-order valence-electron chi connectivity index (χ3n) is 14.0. The van der Waals surface area contributed by atoms with E-state index in [2.05, 4.69) is 9.80 Å². The van der Waals surface area contributed by atoms with Crippen LogP contribution in [0.1, 0.15) is 112 Å². The van der Waals surface area contributed by atoms with Crippen LogP contribution in [0.5, 0.6) is 0 Å². The Hall–Kier alpha value is -2.28. The van der Waals surface area contributed by atoms with Gasteiger partial charge in [-0.05, 0) is 77.3 Å². The number of hydrogen-bond donors (Lipinski definition) is 2. The number of fused-ring (bicyclic) bond motifs is 4. The van der Waals surface area contributed by atoms with Crippen molar-refractivity contribution < 1.29 is 48.3 Å². The monoisotopic (exact) mass is 718 g/mol. The fourth-order valence-electron chi connectivity index (χ4n) is 11.5. The van der Waals surface area contributed by atoms with E-state index in [0.717, 1.165) is 77.3 Å². The Bertz CT molecular complexity index is 1230. The Balaban J connectivity index is 0.000000172. The molecule has 8 aliphatic rings. The molecule has 12 heteroatoms. The summed E-state index contributed by atoms with van der Waals surface area (Å²) in [6.07, 6.45) is 10.3. The van der Waals surface area contributed by atoms with E-state index < -0.39 is 11.2 Å². The van der Waals surface area contributed by atoms with E-state index in [9.17, 15) is 29.4 Å². The molecule has 8 rings (SSSR count). The lowest BCUT2D eigenvalue weighted by Crippen LogP contribution is -2.56. The molecule has 288 valence electrons. The molecule has 14 atom stereocenters. The van der Waals surface area contributed by atoms with Crippen LogP contribution in [0.25, 0.3) is 0 Å². The van der Waals surface area contributed by atoms with Crippen molar-refractivity contribution in [1.29, 1.82) is 0 Å². The van der Waals surface area contributed by atoms with E-state index in [1.54, 1.807) is 0 Å². The maximum Gasteiger partial charge on any atom is 0.309 e. The molecule has 2 N–H and O–H groups in total. The summed E-state index contributed by atoms with van der Waals surface area (Å²) in [6, 6.07) is 0.673. The molecule has 0 aromatic heterocycles. The Kier molecular flexibility index (Phi) is 11.2. The molecule has 0 radical (unpaired) electrons. The van der Waals surface area contributed by atoms with E-state index >= 15 is 0 Å². The number of hydrogen-bond acceptors (Lipinski definition) is 12.